The van der Waals surface area contributed by atoms with E-state index in [4.69, 9.17) is 0 Å². The average Bonchev–Trinajstić information content (AvgIpc) is 3.00. The molecule has 5 heteroatoms. The van der Waals surface area contributed by atoms with Gasteiger partial charge >= 0.3 is 0 Å². The monoisotopic (exact) mass is 351 g/mol. The van der Waals surface area contributed by atoms with Crippen molar-refractivity contribution in [3.8, 4) is 0 Å². The molecule has 1 aliphatic heterocycles. The summed E-state index contributed by atoms with van der Waals surface area (Å²) in [6.07, 6.45) is 3.02. The van der Waals surface area contributed by atoms with E-state index in [-0.39, 0.29) is 0 Å². The van der Waals surface area contributed by atoms with E-state index in [9.17, 15) is 0 Å². The first-order valence-electron chi connectivity index (χ1n) is 6.86. The van der Waals surface area contributed by atoms with Gasteiger partial charge in [0.05, 0.1) is 17.8 Å². The van der Waals surface area contributed by atoms with E-state index in [0.29, 0.717) is 18.0 Å². The summed E-state index contributed by atoms with van der Waals surface area (Å²) >= 11 is 5.16. The summed E-state index contributed by atoms with van der Waals surface area (Å²) in [6.45, 7) is 4.53. The first kappa shape index (κ1) is 14.2. The maximum Gasteiger partial charge on any atom is 0.0614 e. The van der Waals surface area contributed by atoms with Gasteiger partial charge in [-0.3, -0.25) is 9.40 Å². The fourth-order valence-corrected chi connectivity index (χ4v) is 3.68. The molecule has 3 rings (SSSR count). The highest BCUT2D eigenvalue weighted by molar-refractivity contribution is 9.10. The summed E-state index contributed by atoms with van der Waals surface area (Å²) in [5.74, 6) is 0.609. The van der Waals surface area contributed by atoms with Crippen molar-refractivity contribution in [2.24, 2.45) is 5.92 Å². The van der Waals surface area contributed by atoms with Crippen molar-refractivity contribution in [1.82, 2.24) is 14.5 Å². The van der Waals surface area contributed by atoms with Gasteiger partial charge in [-0.05, 0) is 54.6 Å². The highest BCUT2D eigenvalue weighted by Crippen LogP contribution is 2.39. The van der Waals surface area contributed by atoms with Gasteiger partial charge in [-0.2, -0.15) is 5.10 Å². The van der Waals surface area contributed by atoms with E-state index >= 15 is 0 Å². The van der Waals surface area contributed by atoms with Crippen molar-refractivity contribution >= 4 is 27.9 Å². The molecule has 1 aliphatic rings. The minimum atomic E-state index is 0.374. The molecule has 0 bridgehead atoms. The summed E-state index contributed by atoms with van der Waals surface area (Å²) in [4.78, 5) is 1.23. The fraction of sp³-hybridized carbons (Fsp3) is 0.400. The number of fused-ring (bicyclic) bond motifs is 1. The number of nitrogens with one attached hydrogen (secondary N) is 1. The Morgan fingerprint density at radius 3 is 2.75 bits per heavy atom. The van der Waals surface area contributed by atoms with Crippen molar-refractivity contribution < 1.29 is 0 Å². The Labute approximate surface area is 132 Å². The van der Waals surface area contributed by atoms with Crippen LogP contribution < -0.4 is 4.72 Å². The smallest absolute Gasteiger partial charge is 0.0614 e. The molecule has 2 heterocycles. The maximum absolute atomic E-state index is 4.48. The van der Waals surface area contributed by atoms with Crippen LogP contribution in [0.5, 0.6) is 0 Å². The van der Waals surface area contributed by atoms with Crippen molar-refractivity contribution in [3.63, 3.8) is 0 Å². The van der Waals surface area contributed by atoms with E-state index in [1.165, 1.54) is 10.6 Å². The van der Waals surface area contributed by atoms with Gasteiger partial charge in [0, 0.05) is 15.6 Å². The van der Waals surface area contributed by atoms with Gasteiger partial charge in [0.15, 0.2) is 0 Å². The second kappa shape index (κ2) is 5.92. The molecule has 2 aromatic rings. The maximum atomic E-state index is 4.48. The number of nitrogens with zero attached hydrogens (tertiary/aromatic N) is 2. The number of benzene rings is 1. The lowest BCUT2D eigenvalue weighted by Gasteiger charge is -2.16. The van der Waals surface area contributed by atoms with Gasteiger partial charge < -0.3 is 0 Å². The van der Waals surface area contributed by atoms with Crippen LogP contribution in [-0.4, -0.2) is 9.78 Å². The molecule has 0 saturated carbocycles. The molecule has 1 aromatic carbocycles. The van der Waals surface area contributed by atoms with E-state index < -0.39 is 0 Å². The van der Waals surface area contributed by atoms with Crippen molar-refractivity contribution in [3.05, 3.63) is 46.7 Å². The van der Waals surface area contributed by atoms with Crippen LogP contribution in [0.25, 0.3) is 0 Å². The summed E-state index contributed by atoms with van der Waals surface area (Å²) in [5.41, 5.74) is 1.30. The van der Waals surface area contributed by atoms with Crippen LogP contribution in [0.1, 0.15) is 38.0 Å². The molecular weight excluding hydrogens is 334 g/mol. The van der Waals surface area contributed by atoms with Gasteiger partial charge in [0.2, 0.25) is 0 Å². The molecule has 2 unspecified atom stereocenters. The lowest BCUT2D eigenvalue weighted by atomic mass is 10.0. The van der Waals surface area contributed by atoms with Crippen molar-refractivity contribution in [2.45, 2.75) is 37.2 Å². The normalized spacial score (nSPS) is 21.4. The van der Waals surface area contributed by atoms with Crippen LogP contribution >= 0.6 is 27.9 Å². The summed E-state index contributed by atoms with van der Waals surface area (Å²) in [6, 6.07) is 11.4. The van der Waals surface area contributed by atoms with Gasteiger partial charge in [0.25, 0.3) is 0 Å². The highest BCUT2D eigenvalue weighted by Gasteiger charge is 2.33. The minimum absolute atomic E-state index is 0.374. The molecule has 0 spiro atoms. The number of aromatic nitrogens is 2. The summed E-state index contributed by atoms with van der Waals surface area (Å²) in [5, 5.41) is 4.48. The van der Waals surface area contributed by atoms with E-state index in [2.05, 4.69) is 74.6 Å². The SMILES string of the molecule is CC(C)C1CC(NSc2ccc(Br)cc2)c2ccnn21. The van der Waals surface area contributed by atoms with Crippen LogP contribution in [0, 0.1) is 5.92 Å². The Morgan fingerprint density at radius 2 is 2.05 bits per heavy atom. The van der Waals surface area contributed by atoms with Crippen LogP contribution in [0.3, 0.4) is 0 Å². The molecule has 0 saturated heterocycles. The van der Waals surface area contributed by atoms with Gasteiger partial charge in [-0.25, -0.2) is 0 Å². The third kappa shape index (κ3) is 2.80. The van der Waals surface area contributed by atoms with Gasteiger partial charge in [-0.15, -0.1) is 0 Å². The third-order valence-electron chi connectivity index (χ3n) is 3.75. The number of hydrogen-bond donors (Lipinski definition) is 1. The van der Waals surface area contributed by atoms with Crippen LogP contribution in [0.15, 0.2) is 45.9 Å². The quantitative estimate of drug-likeness (QED) is 0.817. The molecule has 0 amide bonds. The van der Waals surface area contributed by atoms with Crippen LogP contribution in [0.2, 0.25) is 0 Å². The topological polar surface area (TPSA) is 29.9 Å². The lowest BCUT2D eigenvalue weighted by molar-refractivity contribution is 0.354. The number of halogens is 1. The highest BCUT2D eigenvalue weighted by atomic mass is 79.9. The number of hydrogen-bond acceptors (Lipinski definition) is 3. The van der Waals surface area contributed by atoms with Crippen molar-refractivity contribution in [1.29, 1.82) is 0 Å². The van der Waals surface area contributed by atoms with Gasteiger partial charge in [-0.1, -0.05) is 29.8 Å². The largest absolute Gasteiger partial charge is 0.265 e. The van der Waals surface area contributed by atoms with Gasteiger partial charge in [0.1, 0.15) is 0 Å². The molecule has 106 valence electrons. The average molecular weight is 352 g/mol. The molecule has 1 N–H and O–H groups in total. The van der Waals surface area contributed by atoms with E-state index in [1.54, 1.807) is 11.9 Å². The predicted molar refractivity (Wildman–Crippen MR) is 86.6 cm³/mol. The zero-order valence-electron chi connectivity index (χ0n) is 11.6. The molecular formula is C15H18BrN3S. The standard InChI is InChI=1S/C15H18BrN3S/c1-10(2)15-9-13(14-7-8-17-19(14)15)18-20-12-5-3-11(16)4-6-12/h3-8,10,13,15,18H,9H2,1-2H3. The Kier molecular flexibility index (Phi) is 4.19. The first-order valence-corrected chi connectivity index (χ1v) is 8.47. The van der Waals surface area contributed by atoms with Crippen molar-refractivity contribution in [2.75, 3.05) is 0 Å². The molecule has 20 heavy (non-hydrogen) atoms. The van der Waals surface area contributed by atoms with E-state index in [1.807, 2.05) is 6.20 Å². The summed E-state index contributed by atoms with van der Waals surface area (Å²) in [7, 11) is 0. The zero-order valence-corrected chi connectivity index (χ0v) is 14.0. The Hall–Kier alpha value is -0.780. The summed E-state index contributed by atoms with van der Waals surface area (Å²) < 4.78 is 6.88. The minimum Gasteiger partial charge on any atom is -0.265 e. The van der Waals surface area contributed by atoms with Crippen LogP contribution in [-0.2, 0) is 0 Å². The Morgan fingerprint density at radius 1 is 1.30 bits per heavy atom. The molecule has 0 radical (unpaired) electrons. The van der Waals surface area contributed by atoms with Crippen LogP contribution in [0.4, 0.5) is 0 Å². The molecule has 0 fully saturated rings. The predicted octanol–water partition coefficient (Wildman–Crippen LogP) is 4.58. The fourth-order valence-electron chi connectivity index (χ4n) is 2.64. The Bertz CT molecular complexity index is 579. The zero-order chi connectivity index (χ0) is 14.1. The number of rotatable bonds is 4. The molecule has 2 atom stereocenters. The molecule has 1 aromatic heterocycles. The molecule has 3 nitrogen and oxygen atoms in total. The lowest BCUT2D eigenvalue weighted by Crippen LogP contribution is -2.13. The first-order chi connectivity index (χ1) is 9.65. The van der Waals surface area contributed by atoms with E-state index in [0.717, 1.165) is 10.9 Å². The Balaban J connectivity index is 1.69. The molecule has 0 aliphatic carbocycles. The second-order valence-corrected chi connectivity index (χ2v) is 7.30. The third-order valence-corrected chi connectivity index (χ3v) is 5.19. The second-order valence-electron chi connectivity index (χ2n) is 5.47.